The van der Waals surface area contributed by atoms with E-state index >= 15 is 0 Å². The standard InChI is InChI=1S/C21H23F4N3O2/c1-5-27(4)12-26-18-8-14(3)19(9-13(18)2)28(20(29)30)11-15-6-7-16(17(22)10-15)21(23,24)25/h6-10,12H,5,11H2,1-4H3,(H,29,30). The van der Waals surface area contributed by atoms with E-state index in [9.17, 15) is 27.5 Å². The summed E-state index contributed by atoms with van der Waals surface area (Å²) in [6.45, 7) is 5.93. The Hall–Kier alpha value is -3.10. The molecule has 0 aliphatic rings. The van der Waals surface area contributed by atoms with Crippen LogP contribution in [0.25, 0.3) is 0 Å². The zero-order chi connectivity index (χ0) is 22.6. The quantitative estimate of drug-likeness (QED) is 0.364. The van der Waals surface area contributed by atoms with Crippen molar-refractivity contribution in [3.05, 3.63) is 58.4 Å². The van der Waals surface area contributed by atoms with Gasteiger partial charge in [-0.15, -0.1) is 0 Å². The highest BCUT2D eigenvalue weighted by atomic mass is 19.4. The summed E-state index contributed by atoms with van der Waals surface area (Å²) < 4.78 is 52.1. The first-order chi connectivity index (χ1) is 13.9. The summed E-state index contributed by atoms with van der Waals surface area (Å²) in [6, 6.07) is 5.77. The minimum Gasteiger partial charge on any atom is -0.465 e. The summed E-state index contributed by atoms with van der Waals surface area (Å²) in [6.07, 6.45) is -4.45. The number of anilines is 1. The molecule has 0 atom stereocenters. The fourth-order valence-corrected chi connectivity index (χ4v) is 2.78. The first kappa shape index (κ1) is 23.2. The van der Waals surface area contributed by atoms with Crippen molar-refractivity contribution in [3.8, 4) is 0 Å². The fourth-order valence-electron chi connectivity index (χ4n) is 2.78. The second kappa shape index (κ2) is 9.15. The molecule has 2 aromatic rings. The Kier molecular flexibility index (Phi) is 7.07. The molecule has 0 aromatic heterocycles. The first-order valence-electron chi connectivity index (χ1n) is 9.15. The Bertz CT molecular complexity index is 958. The number of carbonyl (C=O) groups is 1. The molecule has 0 unspecified atom stereocenters. The monoisotopic (exact) mass is 425 g/mol. The van der Waals surface area contributed by atoms with Gasteiger partial charge in [0.1, 0.15) is 5.82 Å². The highest BCUT2D eigenvalue weighted by molar-refractivity contribution is 5.88. The molecule has 5 nitrogen and oxygen atoms in total. The van der Waals surface area contributed by atoms with E-state index in [4.69, 9.17) is 0 Å². The van der Waals surface area contributed by atoms with Gasteiger partial charge in [0.2, 0.25) is 0 Å². The number of amides is 1. The summed E-state index contributed by atoms with van der Waals surface area (Å²) in [5.74, 6) is -1.44. The number of halogens is 4. The minimum atomic E-state index is -4.81. The third-order valence-electron chi connectivity index (χ3n) is 4.61. The van der Waals surface area contributed by atoms with Gasteiger partial charge in [0.15, 0.2) is 0 Å². The SMILES string of the molecule is CCN(C)C=Nc1cc(C)c(N(Cc2ccc(C(F)(F)F)c(F)c2)C(=O)O)cc1C. The number of aryl methyl sites for hydroxylation is 2. The average Bonchev–Trinajstić information content (AvgIpc) is 2.65. The number of benzene rings is 2. The van der Waals surface area contributed by atoms with E-state index in [1.165, 1.54) is 0 Å². The van der Waals surface area contributed by atoms with Crippen LogP contribution in [0.1, 0.15) is 29.2 Å². The van der Waals surface area contributed by atoms with E-state index in [-0.39, 0.29) is 12.1 Å². The molecule has 0 aliphatic carbocycles. The zero-order valence-electron chi connectivity index (χ0n) is 17.1. The molecule has 2 aromatic carbocycles. The normalized spacial score (nSPS) is 11.7. The Balaban J connectivity index is 2.37. The van der Waals surface area contributed by atoms with Crippen molar-refractivity contribution in [3.63, 3.8) is 0 Å². The minimum absolute atomic E-state index is 0.103. The van der Waals surface area contributed by atoms with E-state index in [0.29, 0.717) is 29.1 Å². The third kappa shape index (κ3) is 5.49. The van der Waals surface area contributed by atoms with Crippen LogP contribution >= 0.6 is 0 Å². The Labute approximate surface area is 172 Å². The van der Waals surface area contributed by atoms with Gasteiger partial charge in [-0.1, -0.05) is 6.07 Å². The van der Waals surface area contributed by atoms with E-state index < -0.39 is 23.7 Å². The molecule has 0 saturated heterocycles. The van der Waals surface area contributed by atoms with Crippen molar-refractivity contribution < 1.29 is 27.5 Å². The molecule has 0 aliphatic heterocycles. The van der Waals surface area contributed by atoms with Crippen LogP contribution in [-0.4, -0.2) is 36.0 Å². The van der Waals surface area contributed by atoms with Gasteiger partial charge in [0.05, 0.1) is 29.8 Å². The van der Waals surface area contributed by atoms with E-state index in [0.717, 1.165) is 23.1 Å². The van der Waals surface area contributed by atoms with Crippen molar-refractivity contribution in [1.82, 2.24) is 4.90 Å². The van der Waals surface area contributed by atoms with Crippen LogP contribution in [0.15, 0.2) is 35.3 Å². The average molecular weight is 425 g/mol. The lowest BCUT2D eigenvalue weighted by atomic mass is 10.1. The summed E-state index contributed by atoms with van der Waals surface area (Å²) in [5, 5.41) is 9.65. The van der Waals surface area contributed by atoms with Gasteiger partial charge in [-0.3, -0.25) is 4.90 Å². The Morgan fingerprint density at radius 1 is 1.17 bits per heavy atom. The van der Waals surface area contributed by atoms with Gasteiger partial charge in [-0.2, -0.15) is 13.2 Å². The molecule has 0 radical (unpaired) electrons. The number of rotatable bonds is 6. The van der Waals surface area contributed by atoms with E-state index in [1.807, 2.05) is 18.9 Å². The Morgan fingerprint density at radius 3 is 2.37 bits per heavy atom. The van der Waals surface area contributed by atoms with Gasteiger partial charge < -0.3 is 10.0 Å². The van der Waals surface area contributed by atoms with Crippen LogP contribution in [0.4, 0.5) is 33.7 Å². The third-order valence-corrected chi connectivity index (χ3v) is 4.61. The number of alkyl halides is 3. The molecule has 0 saturated carbocycles. The summed E-state index contributed by atoms with van der Waals surface area (Å²) in [7, 11) is 1.87. The topological polar surface area (TPSA) is 56.1 Å². The van der Waals surface area contributed by atoms with Crippen LogP contribution in [0.5, 0.6) is 0 Å². The molecule has 0 bridgehead atoms. The predicted octanol–water partition coefficient (Wildman–Crippen LogP) is 5.76. The van der Waals surface area contributed by atoms with Gasteiger partial charge in [-0.25, -0.2) is 14.2 Å². The first-order valence-corrected chi connectivity index (χ1v) is 9.15. The summed E-state index contributed by atoms with van der Waals surface area (Å²) in [4.78, 5) is 19.1. The number of carboxylic acid groups (broad SMARTS) is 1. The molecule has 1 N–H and O–H groups in total. The van der Waals surface area contributed by atoms with Gasteiger partial charge >= 0.3 is 12.3 Å². The van der Waals surface area contributed by atoms with Crippen molar-refractivity contribution in [2.45, 2.75) is 33.5 Å². The van der Waals surface area contributed by atoms with Gasteiger partial charge in [-0.05, 0) is 61.7 Å². The molecule has 0 fully saturated rings. The van der Waals surface area contributed by atoms with Crippen molar-refractivity contribution in [2.75, 3.05) is 18.5 Å². The largest absolute Gasteiger partial charge is 0.465 e. The number of hydrogen-bond acceptors (Lipinski definition) is 2. The highest BCUT2D eigenvalue weighted by Gasteiger charge is 2.34. The lowest BCUT2D eigenvalue weighted by Gasteiger charge is -2.23. The summed E-state index contributed by atoms with van der Waals surface area (Å²) in [5.41, 5.74) is 1.07. The molecule has 0 heterocycles. The lowest BCUT2D eigenvalue weighted by molar-refractivity contribution is -0.140. The van der Waals surface area contributed by atoms with Crippen LogP contribution in [0.3, 0.4) is 0 Å². The maximum absolute atomic E-state index is 13.9. The lowest BCUT2D eigenvalue weighted by Crippen LogP contribution is -2.29. The highest BCUT2D eigenvalue weighted by Crippen LogP contribution is 2.33. The second-order valence-corrected chi connectivity index (χ2v) is 6.92. The van der Waals surface area contributed by atoms with Crippen molar-refractivity contribution >= 4 is 23.8 Å². The van der Waals surface area contributed by atoms with Crippen LogP contribution in [-0.2, 0) is 12.7 Å². The second-order valence-electron chi connectivity index (χ2n) is 6.92. The van der Waals surface area contributed by atoms with Crippen LogP contribution in [0, 0.1) is 19.7 Å². The van der Waals surface area contributed by atoms with Crippen LogP contribution < -0.4 is 4.90 Å². The molecule has 30 heavy (non-hydrogen) atoms. The number of hydrogen-bond donors (Lipinski definition) is 1. The molecule has 2 rings (SSSR count). The van der Waals surface area contributed by atoms with Crippen molar-refractivity contribution in [2.24, 2.45) is 4.99 Å². The van der Waals surface area contributed by atoms with Gasteiger partial charge in [0.25, 0.3) is 0 Å². The van der Waals surface area contributed by atoms with E-state index in [1.54, 1.807) is 32.3 Å². The number of nitrogens with zero attached hydrogens (tertiary/aromatic N) is 3. The molecule has 9 heteroatoms. The number of aliphatic imine (C=N–C) groups is 1. The molecular weight excluding hydrogens is 402 g/mol. The predicted molar refractivity (Wildman–Crippen MR) is 108 cm³/mol. The maximum Gasteiger partial charge on any atom is 0.419 e. The maximum atomic E-state index is 13.9. The van der Waals surface area contributed by atoms with Gasteiger partial charge in [0, 0.05) is 13.6 Å². The zero-order valence-corrected chi connectivity index (χ0v) is 17.1. The Morgan fingerprint density at radius 2 is 1.83 bits per heavy atom. The van der Waals surface area contributed by atoms with Crippen LogP contribution in [0.2, 0.25) is 0 Å². The molecule has 162 valence electrons. The molecular formula is C21H23F4N3O2. The van der Waals surface area contributed by atoms with E-state index in [2.05, 4.69) is 4.99 Å². The van der Waals surface area contributed by atoms with Crippen molar-refractivity contribution in [1.29, 1.82) is 0 Å². The summed E-state index contributed by atoms with van der Waals surface area (Å²) >= 11 is 0. The fraction of sp³-hybridized carbons (Fsp3) is 0.333. The molecule has 1 amide bonds. The molecule has 0 spiro atoms. The smallest absolute Gasteiger partial charge is 0.419 e.